The van der Waals surface area contributed by atoms with Crippen molar-refractivity contribution in [3.63, 3.8) is 0 Å². The van der Waals surface area contributed by atoms with Crippen LogP contribution in [0.2, 0.25) is 0 Å². The van der Waals surface area contributed by atoms with Gasteiger partial charge in [0.2, 0.25) is 0 Å². The van der Waals surface area contributed by atoms with Crippen LogP contribution in [0.1, 0.15) is 5.56 Å². The highest BCUT2D eigenvalue weighted by Crippen LogP contribution is 2.40. The first-order valence-corrected chi connectivity index (χ1v) is 20.0. The topological polar surface area (TPSA) is 73.5 Å². The van der Waals surface area contributed by atoms with Gasteiger partial charge in [0.05, 0.1) is 28.6 Å². The van der Waals surface area contributed by atoms with E-state index in [2.05, 4.69) is 161 Å². The van der Waals surface area contributed by atoms with Gasteiger partial charge < -0.3 is 18.0 Å². The van der Waals surface area contributed by atoms with Crippen molar-refractivity contribution >= 4 is 99.3 Å². The van der Waals surface area contributed by atoms with Crippen molar-refractivity contribution in [1.29, 1.82) is 0 Å². The molecule has 0 atom stereocenters. The molecular weight excluding hydrogens is 743 g/mol. The van der Waals surface area contributed by atoms with Crippen LogP contribution < -0.4 is 0 Å². The van der Waals surface area contributed by atoms with Gasteiger partial charge in [-0.25, -0.2) is 0 Å². The number of nitrogens with zero attached hydrogens (tertiary/aromatic N) is 3. The van der Waals surface area contributed by atoms with Crippen LogP contribution in [0.5, 0.6) is 0 Å². The summed E-state index contributed by atoms with van der Waals surface area (Å²) in [4.78, 5) is 26.1. The summed E-state index contributed by atoms with van der Waals surface area (Å²) in [6.07, 6.45) is 2.66. The van der Waals surface area contributed by atoms with Crippen molar-refractivity contribution in [2.75, 3.05) is 0 Å². The highest BCUT2D eigenvalue weighted by Gasteiger charge is 2.24. The zero-order valence-electron chi connectivity index (χ0n) is 31.9. The summed E-state index contributed by atoms with van der Waals surface area (Å²) < 4.78 is 17.4. The van der Waals surface area contributed by atoms with E-state index in [1.54, 1.807) is 0 Å². The van der Waals surface area contributed by atoms with Gasteiger partial charge in [0, 0.05) is 66.6 Å². The number of aromatic nitrogens is 2. The molecule has 0 radical (unpaired) electrons. The summed E-state index contributed by atoms with van der Waals surface area (Å²) in [5, 5.41) is 8.84. The number of para-hydroxylation sites is 3. The van der Waals surface area contributed by atoms with Crippen molar-refractivity contribution in [3.8, 4) is 22.5 Å². The average Bonchev–Trinajstić information content (AvgIpc) is 4.09. The molecule has 60 heavy (non-hydrogen) atoms. The third-order valence-corrected chi connectivity index (χ3v) is 12.3. The Hall–Kier alpha value is -8.16. The van der Waals surface area contributed by atoms with Gasteiger partial charge >= 0.3 is 0 Å². The zero-order valence-corrected chi connectivity index (χ0v) is 31.9. The molecule has 282 valence electrons. The fourth-order valence-corrected chi connectivity index (χ4v) is 9.53. The smallest absolute Gasteiger partial charge is 0.253 e. The third-order valence-electron chi connectivity index (χ3n) is 12.3. The summed E-state index contributed by atoms with van der Waals surface area (Å²) in [7, 11) is 0. The van der Waals surface area contributed by atoms with Crippen LogP contribution in [0.15, 0.2) is 185 Å². The molecule has 0 fully saturated rings. The monoisotopic (exact) mass is 773 g/mol. The van der Waals surface area contributed by atoms with Gasteiger partial charge in [-0.05, 0) is 102 Å². The maximum Gasteiger partial charge on any atom is 0.253 e. The molecule has 12 aromatic rings. The largest absolute Gasteiger partial charge is 0.456 e. The fraction of sp³-hybridized carbons (Fsp3) is 0.0189. The number of benzene rings is 8. The molecule has 5 heterocycles. The van der Waals surface area contributed by atoms with Gasteiger partial charge in [0.15, 0.2) is 0 Å². The van der Waals surface area contributed by atoms with Crippen LogP contribution in [-0.2, 0) is 16.1 Å². The van der Waals surface area contributed by atoms with Crippen LogP contribution in [0, 0.1) is 0 Å². The highest BCUT2D eigenvalue weighted by atomic mass is 16.3. The molecule has 0 unspecified atom stereocenters. The highest BCUT2D eigenvalue weighted by molar-refractivity contribution is 6.14. The molecule has 13 rings (SSSR count). The van der Waals surface area contributed by atoms with E-state index in [0.717, 1.165) is 93.7 Å². The molecule has 7 nitrogen and oxygen atoms in total. The predicted molar refractivity (Wildman–Crippen MR) is 240 cm³/mol. The number of fused-ring (bicyclic) bond motifs is 12. The lowest BCUT2D eigenvalue weighted by Gasteiger charge is -2.14. The molecular formula is C53H31N3O4. The third kappa shape index (κ3) is 4.71. The Kier molecular flexibility index (Phi) is 6.67. The van der Waals surface area contributed by atoms with E-state index in [1.165, 1.54) is 38.9 Å². The molecule has 1 aliphatic rings. The van der Waals surface area contributed by atoms with Gasteiger partial charge in [0.1, 0.15) is 22.3 Å². The lowest BCUT2D eigenvalue weighted by Crippen LogP contribution is -2.29. The molecule has 0 spiro atoms. The maximum atomic E-state index is 12.4. The number of hydrogen-bond donors (Lipinski definition) is 0. The second kappa shape index (κ2) is 12.2. The van der Waals surface area contributed by atoms with Crippen molar-refractivity contribution in [2.24, 2.45) is 0 Å². The SMILES string of the molecule is O=C1C=CC(=O)N1Cc1ccc2c3ccccc3n(-c3ccc4oc5ccc(-c6ccc7oc8ccc(-n9c%10ccccc%10c%10ccccc%109)cc8c7c6)cc5c4c3)c2c1. The number of hydrogen-bond acceptors (Lipinski definition) is 4. The quantitative estimate of drug-likeness (QED) is 0.163. The maximum absolute atomic E-state index is 12.4. The molecule has 2 amide bonds. The minimum absolute atomic E-state index is 0.208. The molecule has 1 aliphatic heterocycles. The Labute approximate surface area is 341 Å². The Morgan fingerprint density at radius 2 is 0.783 bits per heavy atom. The molecule has 0 saturated heterocycles. The van der Waals surface area contributed by atoms with Crippen molar-refractivity contribution in [1.82, 2.24) is 14.0 Å². The first kappa shape index (κ1) is 32.9. The van der Waals surface area contributed by atoms with Gasteiger partial charge in [-0.15, -0.1) is 0 Å². The van der Waals surface area contributed by atoms with E-state index in [9.17, 15) is 9.59 Å². The van der Waals surface area contributed by atoms with Crippen LogP contribution in [0.3, 0.4) is 0 Å². The summed E-state index contributed by atoms with van der Waals surface area (Å²) in [5.74, 6) is -0.583. The molecule has 8 aromatic carbocycles. The number of rotatable bonds is 5. The van der Waals surface area contributed by atoms with Crippen LogP contribution in [0.25, 0.3) is 110 Å². The normalized spacial score (nSPS) is 13.4. The van der Waals surface area contributed by atoms with E-state index in [0.29, 0.717) is 0 Å². The van der Waals surface area contributed by atoms with Crippen LogP contribution in [-0.4, -0.2) is 25.8 Å². The van der Waals surface area contributed by atoms with Crippen molar-refractivity contribution in [3.05, 3.63) is 182 Å². The molecule has 7 heteroatoms. The Balaban J connectivity index is 0.933. The van der Waals surface area contributed by atoms with Crippen LogP contribution >= 0.6 is 0 Å². The Bertz CT molecular complexity index is 3800. The number of imide groups is 1. The number of furan rings is 2. The van der Waals surface area contributed by atoms with Gasteiger partial charge in [-0.3, -0.25) is 14.5 Å². The summed E-state index contributed by atoms with van der Waals surface area (Å²) >= 11 is 0. The molecule has 0 saturated carbocycles. The standard InChI is InChI=1S/C53H31N3O4/c57-52-23-24-53(58)54(52)30-31-13-18-39-38-9-3-6-12-46(38)56(47(39)25-31)35-17-22-51-43(29-35)41-27-33(15-20-49(41)60-51)32-14-19-48-40(26-32)42-28-34(16-21-50(42)59-48)55-44-10-4-1-7-36(44)37-8-2-5-11-45(37)55/h1-29H,30H2. The zero-order chi connectivity index (χ0) is 39.6. The molecule has 0 bridgehead atoms. The molecule has 0 aliphatic carbocycles. The first-order chi connectivity index (χ1) is 29.5. The lowest BCUT2D eigenvalue weighted by atomic mass is 10.0. The summed E-state index contributed by atoms with van der Waals surface area (Å²) in [6.45, 7) is 0.208. The second-order valence-electron chi connectivity index (χ2n) is 15.7. The molecule has 0 N–H and O–H groups in total. The van der Waals surface area contributed by atoms with Gasteiger partial charge in [-0.1, -0.05) is 78.9 Å². The van der Waals surface area contributed by atoms with E-state index in [1.807, 2.05) is 12.1 Å². The lowest BCUT2D eigenvalue weighted by molar-refractivity contribution is -0.137. The first-order valence-electron chi connectivity index (χ1n) is 20.0. The van der Waals surface area contributed by atoms with Crippen molar-refractivity contribution in [2.45, 2.75) is 6.54 Å². The summed E-state index contributed by atoms with van der Waals surface area (Å²) in [5.41, 5.74) is 12.8. The van der Waals surface area contributed by atoms with E-state index in [-0.39, 0.29) is 18.4 Å². The Morgan fingerprint density at radius 1 is 0.367 bits per heavy atom. The van der Waals surface area contributed by atoms with Crippen LogP contribution in [0.4, 0.5) is 0 Å². The van der Waals surface area contributed by atoms with Crippen molar-refractivity contribution < 1.29 is 18.4 Å². The van der Waals surface area contributed by atoms with E-state index < -0.39 is 0 Å². The minimum atomic E-state index is -0.292. The van der Waals surface area contributed by atoms with Gasteiger partial charge in [0.25, 0.3) is 11.8 Å². The summed E-state index contributed by atoms with van der Waals surface area (Å²) in [6, 6.07) is 57.3. The van der Waals surface area contributed by atoms with E-state index >= 15 is 0 Å². The number of carbonyl (C=O) groups excluding carboxylic acids is 2. The van der Waals surface area contributed by atoms with Gasteiger partial charge in [-0.2, -0.15) is 0 Å². The van der Waals surface area contributed by atoms with E-state index in [4.69, 9.17) is 8.83 Å². The molecule has 4 aromatic heterocycles. The number of carbonyl (C=O) groups is 2. The predicted octanol–water partition coefficient (Wildman–Crippen LogP) is 12.8. The Morgan fingerprint density at radius 3 is 1.28 bits per heavy atom. The fourth-order valence-electron chi connectivity index (χ4n) is 9.53. The second-order valence-corrected chi connectivity index (χ2v) is 15.7. The number of amides is 2. The minimum Gasteiger partial charge on any atom is -0.456 e. The average molecular weight is 774 g/mol.